The molecule has 0 aliphatic carbocycles. The summed E-state index contributed by atoms with van der Waals surface area (Å²) in [6.07, 6.45) is 1.91. The molecule has 0 spiro atoms. The molecule has 0 bridgehead atoms. The van der Waals surface area contributed by atoms with E-state index in [4.69, 9.17) is 0 Å². The first kappa shape index (κ1) is 15.1. The Morgan fingerprint density at radius 1 is 1.33 bits per heavy atom. The maximum absolute atomic E-state index is 13.5. The van der Waals surface area contributed by atoms with E-state index in [1.54, 1.807) is 18.2 Å². The van der Waals surface area contributed by atoms with Gasteiger partial charge in [-0.05, 0) is 37.6 Å². The van der Waals surface area contributed by atoms with Crippen LogP contribution in [0.1, 0.15) is 25.3 Å². The maximum Gasteiger partial charge on any atom is 0.143 e. The van der Waals surface area contributed by atoms with E-state index in [9.17, 15) is 9.18 Å². The molecule has 4 heteroatoms. The monoisotopic (exact) mass is 271 g/mol. The largest absolute Gasteiger partial charge is 0.317 e. The van der Waals surface area contributed by atoms with Crippen LogP contribution in [-0.4, -0.2) is 18.9 Å². The Kier molecular flexibility index (Phi) is 5.29. The molecule has 1 aromatic rings. The van der Waals surface area contributed by atoms with Crippen LogP contribution in [0.25, 0.3) is 0 Å². The van der Waals surface area contributed by atoms with Gasteiger partial charge in [0, 0.05) is 11.8 Å². The van der Waals surface area contributed by atoms with Crippen molar-refractivity contribution in [3.63, 3.8) is 0 Å². The lowest BCUT2D eigenvalue weighted by Crippen LogP contribution is -2.40. The second-order valence-corrected chi connectivity index (χ2v) is 5.00. The van der Waals surface area contributed by atoms with Gasteiger partial charge in [0.15, 0.2) is 0 Å². The SMILES string of the molecule is CC1(C(=O)Cc2ccccc2F)CCNCC1.Cl. The number of halogens is 2. The van der Waals surface area contributed by atoms with Gasteiger partial charge in [0.1, 0.15) is 11.6 Å². The Balaban J connectivity index is 0.00000162. The van der Waals surface area contributed by atoms with E-state index in [0.717, 1.165) is 25.9 Å². The normalized spacial score (nSPS) is 17.9. The molecule has 0 saturated carbocycles. The molecule has 1 heterocycles. The predicted molar refractivity (Wildman–Crippen MR) is 72.6 cm³/mol. The van der Waals surface area contributed by atoms with E-state index >= 15 is 0 Å². The van der Waals surface area contributed by atoms with Crippen LogP contribution in [0.4, 0.5) is 4.39 Å². The van der Waals surface area contributed by atoms with E-state index in [1.807, 2.05) is 6.92 Å². The molecule has 0 amide bonds. The summed E-state index contributed by atoms with van der Waals surface area (Å²) in [5.74, 6) is -0.123. The van der Waals surface area contributed by atoms with Gasteiger partial charge in [0.25, 0.3) is 0 Å². The van der Waals surface area contributed by atoms with Crippen LogP contribution < -0.4 is 5.32 Å². The van der Waals surface area contributed by atoms with Gasteiger partial charge >= 0.3 is 0 Å². The third-order valence-electron chi connectivity index (χ3n) is 3.69. The van der Waals surface area contributed by atoms with Crippen molar-refractivity contribution in [1.29, 1.82) is 0 Å². The summed E-state index contributed by atoms with van der Waals surface area (Å²) in [6, 6.07) is 6.52. The number of rotatable bonds is 3. The Bertz CT molecular complexity index is 416. The molecular weight excluding hydrogens is 253 g/mol. The zero-order valence-electron chi connectivity index (χ0n) is 10.5. The number of benzene rings is 1. The van der Waals surface area contributed by atoms with Crippen LogP contribution in [0, 0.1) is 11.2 Å². The molecule has 18 heavy (non-hydrogen) atoms. The minimum atomic E-state index is -0.284. The summed E-state index contributed by atoms with van der Waals surface area (Å²) >= 11 is 0. The van der Waals surface area contributed by atoms with E-state index in [2.05, 4.69) is 5.32 Å². The second kappa shape index (κ2) is 6.30. The van der Waals surface area contributed by atoms with Gasteiger partial charge in [-0.1, -0.05) is 25.1 Å². The van der Waals surface area contributed by atoms with Crippen molar-refractivity contribution in [2.75, 3.05) is 13.1 Å². The zero-order valence-corrected chi connectivity index (χ0v) is 11.4. The Hall–Kier alpha value is -0.930. The lowest BCUT2D eigenvalue weighted by atomic mass is 9.75. The summed E-state index contributed by atoms with van der Waals surface area (Å²) in [5.41, 5.74) is 0.227. The van der Waals surface area contributed by atoms with E-state index in [-0.39, 0.29) is 35.8 Å². The van der Waals surface area contributed by atoms with Gasteiger partial charge in [-0.25, -0.2) is 4.39 Å². The Morgan fingerprint density at radius 2 is 1.94 bits per heavy atom. The molecule has 1 aliphatic rings. The lowest BCUT2D eigenvalue weighted by molar-refractivity contribution is -0.128. The van der Waals surface area contributed by atoms with Gasteiger partial charge in [0.2, 0.25) is 0 Å². The summed E-state index contributed by atoms with van der Waals surface area (Å²) in [7, 11) is 0. The van der Waals surface area contributed by atoms with Crippen LogP contribution >= 0.6 is 12.4 Å². The maximum atomic E-state index is 13.5. The molecule has 2 nitrogen and oxygen atoms in total. The van der Waals surface area contributed by atoms with Crippen molar-refractivity contribution in [2.45, 2.75) is 26.2 Å². The van der Waals surface area contributed by atoms with Gasteiger partial charge in [-0.2, -0.15) is 0 Å². The van der Waals surface area contributed by atoms with Crippen molar-refractivity contribution in [2.24, 2.45) is 5.41 Å². The van der Waals surface area contributed by atoms with E-state index in [1.165, 1.54) is 6.07 Å². The van der Waals surface area contributed by atoms with E-state index < -0.39 is 0 Å². The molecule has 1 N–H and O–H groups in total. The molecular formula is C14H19ClFNO. The first-order valence-corrected chi connectivity index (χ1v) is 6.09. The number of carbonyl (C=O) groups excluding carboxylic acids is 1. The van der Waals surface area contributed by atoms with Gasteiger partial charge < -0.3 is 5.32 Å². The topological polar surface area (TPSA) is 29.1 Å². The van der Waals surface area contributed by atoms with Crippen molar-refractivity contribution < 1.29 is 9.18 Å². The number of hydrogen-bond donors (Lipinski definition) is 1. The molecule has 100 valence electrons. The van der Waals surface area contributed by atoms with Gasteiger partial charge in [-0.15, -0.1) is 12.4 Å². The molecule has 0 unspecified atom stereocenters. The van der Waals surface area contributed by atoms with Crippen LogP contribution in [0.3, 0.4) is 0 Å². The fourth-order valence-corrected chi connectivity index (χ4v) is 2.29. The number of piperidine rings is 1. The first-order valence-electron chi connectivity index (χ1n) is 6.09. The first-order chi connectivity index (χ1) is 8.12. The summed E-state index contributed by atoms with van der Waals surface area (Å²) in [6.45, 7) is 3.75. The summed E-state index contributed by atoms with van der Waals surface area (Å²) < 4.78 is 13.5. The van der Waals surface area contributed by atoms with Crippen molar-refractivity contribution in [1.82, 2.24) is 5.32 Å². The zero-order chi connectivity index (χ0) is 12.3. The number of hydrogen-bond acceptors (Lipinski definition) is 2. The number of carbonyl (C=O) groups is 1. The van der Waals surface area contributed by atoms with E-state index in [0.29, 0.717) is 5.56 Å². The Labute approximate surface area is 113 Å². The van der Waals surface area contributed by atoms with Crippen LogP contribution in [-0.2, 0) is 11.2 Å². The summed E-state index contributed by atoms with van der Waals surface area (Å²) in [5, 5.41) is 3.24. The second-order valence-electron chi connectivity index (χ2n) is 5.00. The minimum absolute atomic E-state index is 0. The minimum Gasteiger partial charge on any atom is -0.317 e. The van der Waals surface area contributed by atoms with Crippen molar-refractivity contribution >= 4 is 18.2 Å². The lowest BCUT2D eigenvalue weighted by Gasteiger charge is -2.32. The third kappa shape index (κ3) is 3.30. The number of Topliss-reactive ketones (excluding diaryl/α,β-unsaturated/α-hetero) is 1. The molecule has 1 fully saturated rings. The molecule has 0 radical (unpaired) electrons. The number of ketones is 1. The van der Waals surface area contributed by atoms with Gasteiger partial charge in [0.05, 0.1) is 0 Å². The van der Waals surface area contributed by atoms with Crippen molar-refractivity contribution in [3.8, 4) is 0 Å². The highest BCUT2D eigenvalue weighted by atomic mass is 35.5. The highest BCUT2D eigenvalue weighted by Gasteiger charge is 2.34. The Morgan fingerprint density at radius 3 is 2.56 bits per heavy atom. The average molecular weight is 272 g/mol. The smallest absolute Gasteiger partial charge is 0.143 e. The highest BCUT2D eigenvalue weighted by Crippen LogP contribution is 2.30. The van der Waals surface area contributed by atoms with Crippen LogP contribution in [0.15, 0.2) is 24.3 Å². The standard InChI is InChI=1S/C14H18FNO.ClH/c1-14(6-8-16-9-7-14)13(17)10-11-4-2-3-5-12(11)15;/h2-5,16H,6-10H2,1H3;1H. The van der Waals surface area contributed by atoms with Crippen molar-refractivity contribution in [3.05, 3.63) is 35.6 Å². The summed E-state index contributed by atoms with van der Waals surface area (Å²) in [4.78, 5) is 12.2. The molecule has 1 saturated heterocycles. The quantitative estimate of drug-likeness (QED) is 0.916. The molecule has 0 atom stereocenters. The molecule has 1 aromatic carbocycles. The fourth-order valence-electron chi connectivity index (χ4n) is 2.29. The van der Waals surface area contributed by atoms with Crippen LogP contribution in [0.5, 0.6) is 0 Å². The average Bonchev–Trinajstić information content (AvgIpc) is 2.33. The molecule has 2 rings (SSSR count). The highest BCUT2D eigenvalue weighted by molar-refractivity contribution is 5.86. The van der Waals surface area contributed by atoms with Gasteiger partial charge in [-0.3, -0.25) is 4.79 Å². The number of nitrogens with one attached hydrogen (secondary N) is 1. The third-order valence-corrected chi connectivity index (χ3v) is 3.69. The molecule has 1 aliphatic heterocycles. The fraction of sp³-hybridized carbons (Fsp3) is 0.500. The van der Waals surface area contributed by atoms with Crippen LogP contribution in [0.2, 0.25) is 0 Å². The predicted octanol–water partition coefficient (Wildman–Crippen LogP) is 2.75. The molecule has 0 aromatic heterocycles.